The molecule has 102 valence electrons. The maximum atomic E-state index is 11.1. The summed E-state index contributed by atoms with van der Waals surface area (Å²) >= 11 is 0. The van der Waals surface area contributed by atoms with E-state index >= 15 is 0 Å². The van der Waals surface area contributed by atoms with Gasteiger partial charge in [0.25, 0.3) is 0 Å². The zero-order valence-corrected chi connectivity index (χ0v) is 11.3. The Balaban J connectivity index is 0.000000866. The molecule has 2 aliphatic rings. The second-order valence-corrected chi connectivity index (χ2v) is 4.72. The monoisotopic (exact) mass is 250 g/mol. The summed E-state index contributed by atoms with van der Waals surface area (Å²) in [7, 11) is 0. The van der Waals surface area contributed by atoms with Crippen molar-refractivity contribution in [1.82, 2.24) is 0 Å². The highest BCUT2D eigenvalue weighted by Gasteiger charge is 2.24. The van der Waals surface area contributed by atoms with Gasteiger partial charge in [-0.1, -0.05) is 19.9 Å². The molecule has 0 bridgehead atoms. The Morgan fingerprint density at radius 1 is 1.11 bits per heavy atom. The molecule has 3 rings (SSSR count). The minimum Gasteiger partial charge on any atom is -0.351 e. The Morgan fingerprint density at radius 3 is 2.06 bits per heavy atom. The molecular formula is C15H26N2O. The molecule has 2 aliphatic carbocycles. The van der Waals surface area contributed by atoms with Crippen LogP contribution in [0.15, 0.2) is 6.07 Å². The van der Waals surface area contributed by atoms with Crippen molar-refractivity contribution < 1.29 is 7.65 Å². The van der Waals surface area contributed by atoms with E-state index in [-0.39, 0.29) is 2.85 Å². The summed E-state index contributed by atoms with van der Waals surface area (Å²) in [6, 6.07) is 1.91. The zero-order valence-electron chi connectivity index (χ0n) is 11.3. The number of carbonyl (C=O) groups excluding carboxylic acids is 1. The highest BCUT2D eigenvalue weighted by molar-refractivity contribution is 5.90. The topological polar surface area (TPSA) is 55.1 Å². The first kappa shape index (κ1) is 12.9. The fraction of sp³-hybridized carbons (Fsp3) is 0.533. The molecule has 0 saturated heterocycles. The number of amides is 2. The lowest BCUT2D eigenvalue weighted by Gasteiger charge is -2.14. The summed E-state index contributed by atoms with van der Waals surface area (Å²) in [6.07, 6.45) is 6.86. The van der Waals surface area contributed by atoms with Gasteiger partial charge in [0.2, 0.25) is 0 Å². The number of benzene rings is 1. The number of aryl methyl sites for hydroxylation is 2. The lowest BCUT2D eigenvalue weighted by molar-refractivity contribution is 0.259. The molecular weight excluding hydrogens is 224 g/mol. The quantitative estimate of drug-likeness (QED) is 0.785. The van der Waals surface area contributed by atoms with Crippen molar-refractivity contribution in [3.8, 4) is 0 Å². The number of primary amides is 1. The second kappa shape index (κ2) is 5.42. The number of carbonyl (C=O) groups is 1. The first-order valence-electron chi connectivity index (χ1n) is 6.98. The molecule has 0 radical (unpaired) electrons. The third-order valence-corrected chi connectivity index (χ3v) is 3.72. The van der Waals surface area contributed by atoms with Gasteiger partial charge < -0.3 is 11.1 Å². The molecule has 0 heterocycles. The SMILES string of the molecule is CC.NC(=O)Nc1c2c(cc3c1CCC3)CCC2.[HH].[HH]. The minimum atomic E-state index is -0.436. The average Bonchev–Trinajstić information content (AvgIpc) is 2.98. The number of anilines is 1. The van der Waals surface area contributed by atoms with E-state index in [4.69, 9.17) is 5.73 Å². The first-order valence-corrected chi connectivity index (χ1v) is 6.98. The van der Waals surface area contributed by atoms with Gasteiger partial charge in [0, 0.05) is 8.54 Å². The van der Waals surface area contributed by atoms with Crippen molar-refractivity contribution in [2.75, 3.05) is 5.32 Å². The van der Waals surface area contributed by atoms with E-state index in [0.29, 0.717) is 0 Å². The smallest absolute Gasteiger partial charge is 0.316 e. The molecule has 18 heavy (non-hydrogen) atoms. The van der Waals surface area contributed by atoms with Crippen LogP contribution < -0.4 is 11.1 Å². The van der Waals surface area contributed by atoms with Crippen LogP contribution in [0.25, 0.3) is 0 Å². The van der Waals surface area contributed by atoms with Gasteiger partial charge >= 0.3 is 6.03 Å². The van der Waals surface area contributed by atoms with Gasteiger partial charge in [0.1, 0.15) is 0 Å². The zero-order chi connectivity index (χ0) is 13.1. The van der Waals surface area contributed by atoms with Gasteiger partial charge in [-0.05, 0) is 60.8 Å². The van der Waals surface area contributed by atoms with Crippen molar-refractivity contribution in [1.29, 1.82) is 0 Å². The van der Waals surface area contributed by atoms with Crippen molar-refractivity contribution >= 4 is 11.7 Å². The third kappa shape index (κ3) is 2.22. The molecule has 0 unspecified atom stereocenters. The van der Waals surface area contributed by atoms with Crippen LogP contribution in [0.3, 0.4) is 0 Å². The number of rotatable bonds is 1. The average molecular weight is 250 g/mol. The molecule has 1 aromatic carbocycles. The van der Waals surface area contributed by atoms with Gasteiger partial charge in [-0.2, -0.15) is 0 Å². The standard InChI is InChI=1S/C13H16N2O.C2H6.2H2/c14-13(16)15-12-10-5-1-3-8(10)7-9-4-2-6-11(9)12;1-2;;/h7H,1-6H2,(H3,14,15,16);1-2H3;2*1H. The molecule has 3 nitrogen and oxygen atoms in total. The summed E-state index contributed by atoms with van der Waals surface area (Å²) < 4.78 is 0. The van der Waals surface area contributed by atoms with Gasteiger partial charge in [-0.15, -0.1) is 0 Å². The number of hydrogen-bond acceptors (Lipinski definition) is 1. The molecule has 3 heteroatoms. The normalized spacial score (nSPS) is 15.4. The second-order valence-electron chi connectivity index (χ2n) is 4.72. The molecule has 0 fully saturated rings. The highest BCUT2D eigenvalue weighted by Crippen LogP contribution is 2.38. The van der Waals surface area contributed by atoms with Crippen LogP contribution in [-0.2, 0) is 25.7 Å². The van der Waals surface area contributed by atoms with E-state index in [0.717, 1.165) is 31.4 Å². The molecule has 0 spiro atoms. The van der Waals surface area contributed by atoms with Crippen LogP contribution in [0.5, 0.6) is 0 Å². The maximum absolute atomic E-state index is 11.1. The van der Waals surface area contributed by atoms with Crippen LogP contribution in [0.2, 0.25) is 0 Å². The fourth-order valence-corrected chi connectivity index (χ4v) is 3.09. The predicted octanol–water partition coefficient (Wildman–Crippen LogP) is 3.67. The van der Waals surface area contributed by atoms with Crippen molar-refractivity contribution in [2.24, 2.45) is 5.73 Å². The summed E-state index contributed by atoms with van der Waals surface area (Å²) in [5.74, 6) is 0. The lowest BCUT2D eigenvalue weighted by Crippen LogP contribution is -2.21. The molecule has 2 amide bonds. The van der Waals surface area contributed by atoms with Crippen molar-refractivity contribution in [3.63, 3.8) is 0 Å². The third-order valence-electron chi connectivity index (χ3n) is 3.72. The highest BCUT2D eigenvalue weighted by atomic mass is 16.2. The molecule has 0 aromatic heterocycles. The lowest BCUT2D eigenvalue weighted by atomic mass is 9.99. The van der Waals surface area contributed by atoms with E-state index in [1.54, 1.807) is 0 Å². The van der Waals surface area contributed by atoms with Gasteiger partial charge in [0.05, 0.1) is 0 Å². The Hall–Kier alpha value is -1.51. The van der Waals surface area contributed by atoms with Crippen LogP contribution >= 0.6 is 0 Å². The number of fused-ring (bicyclic) bond motifs is 2. The van der Waals surface area contributed by atoms with Crippen LogP contribution in [-0.4, -0.2) is 6.03 Å². The molecule has 3 N–H and O–H groups in total. The Morgan fingerprint density at radius 2 is 1.61 bits per heavy atom. The van der Waals surface area contributed by atoms with Gasteiger partial charge in [0.15, 0.2) is 0 Å². The molecule has 0 atom stereocenters. The first-order chi connectivity index (χ1) is 8.75. The Kier molecular flexibility index (Phi) is 3.90. The Labute approximate surface area is 112 Å². The van der Waals surface area contributed by atoms with E-state index in [2.05, 4.69) is 11.4 Å². The van der Waals surface area contributed by atoms with E-state index in [1.165, 1.54) is 35.1 Å². The summed E-state index contributed by atoms with van der Waals surface area (Å²) in [5.41, 5.74) is 11.8. The Bertz CT molecular complexity index is 443. The summed E-state index contributed by atoms with van der Waals surface area (Å²) in [6.45, 7) is 4.00. The predicted molar refractivity (Wildman–Crippen MR) is 79.3 cm³/mol. The largest absolute Gasteiger partial charge is 0.351 e. The van der Waals surface area contributed by atoms with E-state index in [9.17, 15) is 4.79 Å². The van der Waals surface area contributed by atoms with Gasteiger partial charge in [-0.3, -0.25) is 0 Å². The number of urea groups is 1. The number of nitrogens with two attached hydrogens (primary N) is 1. The number of nitrogens with one attached hydrogen (secondary N) is 1. The van der Waals surface area contributed by atoms with E-state index in [1.807, 2.05) is 13.8 Å². The minimum absolute atomic E-state index is 0. The molecule has 0 saturated carbocycles. The fourth-order valence-electron chi connectivity index (χ4n) is 3.09. The summed E-state index contributed by atoms with van der Waals surface area (Å²) in [4.78, 5) is 11.1. The number of hydrogen-bond donors (Lipinski definition) is 2. The van der Waals surface area contributed by atoms with Crippen molar-refractivity contribution in [2.45, 2.75) is 52.4 Å². The van der Waals surface area contributed by atoms with Crippen molar-refractivity contribution in [3.05, 3.63) is 28.3 Å². The van der Waals surface area contributed by atoms with E-state index < -0.39 is 6.03 Å². The van der Waals surface area contributed by atoms with Crippen LogP contribution in [0, 0.1) is 0 Å². The van der Waals surface area contributed by atoms with Gasteiger partial charge in [-0.25, -0.2) is 4.79 Å². The van der Waals surface area contributed by atoms with Crippen LogP contribution in [0.1, 0.15) is 51.8 Å². The maximum Gasteiger partial charge on any atom is 0.316 e. The molecule has 1 aromatic rings. The van der Waals surface area contributed by atoms with Crippen LogP contribution in [0.4, 0.5) is 10.5 Å². The molecule has 0 aliphatic heterocycles. The summed E-state index contributed by atoms with van der Waals surface area (Å²) in [5, 5.41) is 2.84.